The fourth-order valence-corrected chi connectivity index (χ4v) is 2.21. The molecular formula is C12H15N3O5S. The first-order valence-electron chi connectivity index (χ1n) is 6.19. The first-order chi connectivity index (χ1) is 9.93. The summed E-state index contributed by atoms with van der Waals surface area (Å²) in [5.41, 5.74) is -0.0932. The Morgan fingerprint density at radius 2 is 2.24 bits per heavy atom. The van der Waals surface area contributed by atoms with Gasteiger partial charge in [-0.05, 0) is 12.5 Å². The van der Waals surface area contributed by atoms with Gasteiger partial charge < -0.3 is 10.4 Å². The van der Waals surface area contributed by atoms with Crippen LogP contribution in [0, 0.1) is 10.1 Å². The molecule has 114 valence electrons. The van der Waals surface area contributed by atoms with Gasteiger partial charge in [0.15, 0.2) is 0 Å². The standard InChI is InChI=1S/C12H15N3O5S/c1-2-9(12(17)18)14-10(16)5-6-21-11-4-3-8(7-13-11)15(19)20/h3-4,7,9H,2,5-6H2,1H3,(H,14,16)(H,17,18). The summed E-state index contributed by atoms with van der Waals surface area (Å²) >= 11 is 1.27. The van der Waals surface area contributed by atoms with Crippen molar-refractivity contribution in [1.82, 2.24) is 10.3 Å². The molecule has 21 heavy (non-hydrogen) atoms. The lowest BCUT2D eigenvalue weighted by molar-refractivity contribution is -0.385. The van der Waals surface area contributed by atoms with E-state index in [2.05, 4.69) is 10.3 Å². The maximum Gasteiger partial charge on any atom is 0.326 e. The molecule has 0 saturated heterocycles. The molecule has 0 radical (unpaired) electrons. The lowest BCUT2D eigenvalue weighted by Crippen LogP contribution is -2.40. The molecule has 1 rings (SSSR count). The summed E-state index contributed by atoms with van der Waals surface area (Å²) in [7, 11) is 0. The second-order valence-corrected chi connectivity index (χ2v) is 5.19. The van der Waals surface area contributed by atoms with Crippen molar-refractivity contribution < 1.29 is 19.6 Å². The third-order valence-corrected chi connectivity index (χ3v) is 3.50. The van der Waals surface area contributed by atoms with Crippen LogP contribution in [-0.2, 0) is 9.59 Å². The average molecular weight is 313 g/mol. The molecule has 0 aliphatic heterocycles. The number of aliphatic carboxylic acids is 1. The molecule has 0 bridgehead atoms. The van der Waals surface area contributed by atoms with Crippen LogP contribution in [0.5, 0.6) is 0 Å². The molecule has 1 unspecified atom stereocenters. The second kappa shape index (κ2) is 8.20. The van der Waals surface area contributed by atoms with Crippen molar-refractivity contribution in [2.75, 3.05) is 5.75 Å². The van der Waals surface area contributed by atoms with Crippen LogP contribution >= 0.6 is 11.8 Å². The van der Waals surface area contributed by atoms with E-state index < -0.39 is 16.9 Å². The highest BCUT2D eigenvalue weighted by atomic mass is 32.2. The number of nitrogens with zero attached hydrogens (tertiary/aromatic N) is 2. The van der Waals surface area contributed by atoms with Gasteiger partial charge in [-0.15, -0.1) is 11.8 Å². The van der Waals surface area contributed by atoms with Crippen molar-refractivity contribution in [1.29, 1.82) is 0 Å². The predicted molar refractivity (Wildman–Crippen MR) is 76.1 cm³/mol. The zero-order chi connectivity index (χ0) is 15.8. The molecule has 2 N–H and O–H groups in total. The number of carboxylic acids is 1. The quantitative estimate of drug-likeness (QED) is 0.423. The van der Waals surface area contributed by atoms with Gasteiger partial charge in [0.05, 0.1) is 9.95 Å². The Morgan fingerprint density at radius 1 is 1.52 bits per heavy atom. The van der Waals surface area contributed by atoms with E-state index in [0.717, 1.165) is 6.20 Å². The summed E-state index contributed by atoms with van der Waals surface area (Å²) in [6.07, 6.45) is 1.62. The Bertz CT molecular complexity index is 520. The van der Waals surface area contributed by atoms with Crippen molar-refractivity contribution in [2.45, 2.75) is 30.8 Å². The molecular weight excluding hydrogens is 298 g/mol. The zero-order valence-electron chi connectivity index (χ0n) is 11.3. The van der Waals surface area contributed by atoms with Gasteiger partial charge in [0, 0.05) is 18.2 Å². The number of thioether (sulfide) groups is 1. The van der Waals surface area contributed by atoms with Crippen molar-refractivity contribution in [3.8, 4) is 0 Å². The smallest absolute Gasteiger partial charge is 0.326 e. The van der Waals surface area contributed by atoms with Crippen LogP contribution in [0.25, 0.3) is 0 Å². The Balaban J connectivity index is 2.37. The molecule has 0 aliphatic rings. The normalized spacial score (nSPS) is 11.7. The lowest BCUT2D eigenvalue weighted by Gasteiger charge is -2.11. The number of nitrogens with one attached hydrogen (secondary N) is 1. The summed E-state index contributed by atoms with van der Waals surface area (Å²) in [6.45, 7) is 1.68. The van der Waals surface area contributed by atoms with Crippen LogP contribution in [0.4, 0.5) is 5.69 Å². The fourth-order valence-electron chi connectivity index (χ4n) is 1.42. The summed E-state index contributed by atoms with van der Waals surface area (Å²) in [4.78, 5) is 36.1. The highest BCUT2D eigenvalue weighted by molar-refractivity contribution is 7.99. The number of rotatable bonds is 8. The molecule has 1 atom stereocenters. The largest absolute Gasteiger partial charge is 0.480 e. The van der Waals surface area contributed by atoms with Crippen LogP contribution in [0.1, 0.15) is 19.8 Å². The van der Waals surface area contributed by atoms with Gasteiger partial charge in [-0.1, -0.05) is 6.92 Å². The minimum absolute atomic E-state index is 0.0932. The topological polar surface area (TPSA) is 122 Å². The van der Waals surface area contributed by atoms with E-state index in [1.165, 1.54) is 23.9 Å². The van der Waals surface area contributed by atoms with Crippen LogP contribution in [-0.4, -0.2) is 38.7 Å². The number of carbonyl (C=O) groups excluding carboxylic acids is 1. The van der Waals surface area contributed by atoms with E-state index in [0.29, 0.717) is 17.2 Å². The highest BCUT2D eigenvalue weighted by Crippen LogP contribution is 2.18. The molecule has 8 nitrogen and oxygen atoms in total. The number of nitro groups is 1. The number of hydrogen-bond donors (Lipinski definition) is 2. The van der Waals surface area contributed by atoms with Crippen molar-refractivity contribution >= 4 is 29.3 Å². The van der Waals surface area contributed by atoms with Gasteiger partial charge in [0.25, 0.3) is 5.69 Å². The van der Waals surface area contributed by atoms with E-state index >= 15 is 0 Å². The second-order valence-electron chi connectivity index (χ2n) is 4.08. The van der Waals surface area contributed by atoms with Crippen molar-refractivity contribution in [3.63, 3.8) is 0 Å². The van der Waals surface area contributed by atoms with Crippen LogP contribution in [0.3, 0.4) is 0 Å². The van der Waals surface area contributed by atoms with Gasteiger partial charge in [-0.25, -0.2) is 9.78 Å². The molecule has 0 aromatic carbocycles. The van der Waals surface area contributed by atoms with Gasteiger partial charge >= 0.3 is 5.97 Å². The van der Waals surface area contributed by atoms with E-state index in [9.17, 15) is 19.7 Å². The first-order valence-corrected chi connectivity index (χ1v) is 7.18. The molecule has 0 aliphatic carbocycles. The monoisotopic (exact) mass is 313 g/mol. The predicted octanol–water partition coefficient (Wildman–Crippen LogP) is 1.45. The summed E-state index contributed by atoms with van der Waals surface area (Å²) < 4.78 is 0. The molecule has 1 aromatic rings. The zero-order valence-corrected chi connectivity index (χ0v) is 12.1. The fraction of sp³-hybridized carbons (Fsp3) is 0.417. The van der Waals surface area contributed by atoms with Crippen LogP contribution < -0.4 is 5.32 Å². The Hall–Kier alpha value is -2.16. The van der Waals surface area contributed by atoms with Gasteiger partial charge in [0.1, 0.15) is 12.2 Å². The van der Waals surface area contributed by atoms with Crippen LogP contribution in [0.15, 0.2) is 23.4 Å². The third kappa shape index (κ3) is 5.78. The molecule has 1 aromatic heterocycles. The lowest BCUT2D eigenvalue weighted by atomic mass is 10.2. The molecule has 0 saturated carbocycles. The van der Waals surface area contributed by atoms with Crippen LogP contribution in [0.2, 0.25) is 0 Å². The molecule has 9 heteroatoms. The van der Waals surface area contributed by atoms with Crippen molar-refractivity contribution in [3.05, 3.63) is 28.4 Å². The SMILES string of the molecule is CCC(NC(=O)CCSc1ccc([N+](=O)[O-])cn1)C(=O)O. The number of carbonyl (C=O) groups is 2. The van der Waals surface area contributed by atoms with Crippen molar-refractivity contribution in [2.24, 2.45) is 0 Å². The maximum absolute atomic E-state index is 11.6. The number of pyridine rings is 1. The number of hydrogen-bond acceptors (Lipinski definition) is 6. The van der Waals surface area contributed by atoms with E-state index in [1.807, 2.05) is 0 Å². The molecule has 1 heterocycles. The van der Waals surface area contributed by atoms with E-state index in [-0.39, 0.29) is 18.0 Å². The highest BCUT2D eigenvalue weighted by Gasteiger charge is 2.17. The average Bonchev–Trinajstić information content (AvgIpc) is 2.45. The van der Waals surface area contributed by atoms with Gasteiger partial charge in [-0.3, -0.25) is 14.9 Å². The minimum atomic E-state index is -1.06. The maximum atomic E-state index is 11.6. The number of amides is 1. The molecule has 0 spiro atoms. The molecule has 0 fully saturated rings. The Kier molecular flexibility index (Phi) is 6.60. The summed E-state index contributed by atoms with van der Waals surface area (Å²) in [5, 5.41) is 22.3. The summed E-state index contributed by atoms with van der Waals surface area (Å²) in [5.74, 6) is -0.999. The van der Waals surface area contributed by atoms with E-state index in [1.54, 1.807) is 6.92 Å². The van der Waals surface area contributed by atoms with E-state index in [4.69, 9.17) is 5.11 Å². The van der Waals surface area contributed by atoms with Gasteiger partial charge in [-0.2, -0.15) is 0 Å². The summed E-state index contributed by atoms with van der Waals surface area (Å²) in [6, 6.07) is 1.97. The van der Waals surface area contributed by atoms with Gasteiger partial charge in [0.2, 0.25) is 5.91 Å². The number of carboxylic acid groups (broad SMARTS) is 1. The Morgan fingerprint density at radius 3 is 2.71 bits per heavy atom. The number of aromatic nitrogens is 1. The minimum Gasteiger partial charge on any atom is -0.480 e. The molecule has 1 amide bonds. The Labute approximate surface area is 125 Å². The first kappa shape index (κ1) is 16.9. The third-order valence-electron chi connectivity index (χ3n) is 2.55.